The van der Waals surface area contributed by atoms with Gasteiger partial charge in [-0.2, -0.15) is 0 Å². The number of hydrogen-bond acceptors (Lipinski definition) is 6. The normalized spacial score (nSPS) is 12.5. The van der Waals surface area contributed by atoms with Gasteiger partial charge in [0, 0.05) is 18.2 Å². The highest BCUT2D eigenvalue weighted by Gasteiger charge is 2.21. The maximum absolute atomic E-state index is 11.9. The Labute approximate surface area is 130 Å². The average Bonchev–Trinajstić information content (AvgIpc) is 2.43. The Morgan fingerprint density at radius 2 is 1.82 bits per heavy atom. The second kappa shape index (κ2) is 7.33. The fraction of sp³-hybridized carbons (Fsp3) is 0.533. The Hall–Kier alpha value is -1.99. The van der Waals surface area contributed by atoms with Crippen molar-refractivity contribution in [2.45, 2.75) is 32.5 Å². The lowest BCUT2D eigenvalue weighted by Gasteiger charge is -2.22. The van der Waals surface area contributed by atoms with Crippen LogP contribution in [0, 0.1) is 0 Å². The first-order valence-corrected chi connectivity index (χ1v) is 6.86. The lowest BCUT2D eigenvalue weighted by Crippen LogP contribution is -2.28. The number of amides is 1. The van der Waals surface area contributed by atoms with Crippen molar-refractivity contribution in [1.29, 1.82) is 0 Å². The van der Waals surface area contributed by atoms with Crippen LogP contribution in [0.15, 0.2) is 12.1 Å². The number of rotatable bonds is 5. The molecule has 4 N–H and O–H groups in total. The molecule has 7 nitrogen and oxygen atoms in total. The molecule has 1 amide bonds. The number of aliphatic hydroxyl groups is 1. The summed E-state index contributed by atoms with van der Waals surface area (Å²) in [5.41, 5.74) is 5.64. The smallest absolute Gasteiger partial charge is 0.412 e. The minimum Gasteiger partial charge on any atom is -0.493 e. The van der Waals surface area contributed by atoms with Crippen molar-refractivity contribution in [1.82, 2.24) is 0 Å². The maximum Gasteiger partial charge on any atom is 0.412 e. The zero-order valence-electron chi connectivity index (χ0n) is 13.6. The Kier molecular flexibility index (Phi) is 6.01. The molecule has 0 saturated heterocycles. The van der Waals surface area contributed by atoms with Crippen LogP contribution in [0.5, 0.6) is 11.5 Å². The van der Waals surface area contributed by atoms with Crippen molar-refractivity contribution < 1.29 is 24.1 Å². The second-order valence-corrected chi connectivity index (χ2v) is 5.67. The van der Waals surface area contributed by atoms with E-state index in [1.54, 1.807) is 32.9 Å². The first-order valence-electron chi connectivity index (χ1n) is 6.86. The Bertz CT molecular complexity index is 525. The van der Waals surface area contributed by atoms with Gasteiger partial charge in [-0.15, -0.1) is 0 Å². The standard InChI is InChI=1S/C15H24N2O5/c1-15(2,3)22-14(19)17-10-7-13(21-5)12(20-4)6-9(10)11(18)8-16/h6-7,11,18H,8,16H2,1-5H3,(H,17,19). The number of anilines is 1. The molecule has 0 saturated carbocycles. The van der Waals surface area contributed by atoms with Crippen LogP contribution >= 0.6 is 0 Å². The third-order valence-electron chi connectivity index (χ3n) is 2.77. The summed E-state index contributed by atoms with van der Waals surface area (Å²) in [5, 5.41) is 12.6. The summed E-state index contributed by atoms with van der Waals surface area (Å²) in [6, 6.07) is 3.13. The molecule has 0 radical (unpaired) electrons. The number of aliphatic hydroxyl groups excluding tert-OH is 1. The van der Waals surface area contributed by atoms with E-state index in [4.69, 9.17) is 19.9 Å². The van der Waals surface area contributed by atoms with Crippen LogP contribution in [0.2, 0.25) is 0 Å². The van der Waals surface area contributed by atoms with E-state index in [-0.39, 0.29) is 6.54 Å². The summed E-state index contributed by atoms with van der Waals surface area (Å²) in [6.07, 6.45) is -1.59. The van der Waals surface area contributed by atoms with Gasteiger partial charge in [0.15, 0.2) is 11.5 Å². The maximum atomic E-state index is 11.9. The number of carbonyl (C=O) groups excluding carboxylic acids is 1. The quantitative estimate of drug-likeness (QED) is 0.769. The van der Waals surface area contributed by atoms with Gasteiger partial charge in [-0.3, -0.25) is 5.32 Å². The molecule has 1 rings (SSSR count). The molecular formula is C15H24N2O5. The van der Waals surface area contributed by atoms with Crippen LogP contribution in [-0.4, -0.2) is 37.6 Å². The highest BCUT2D eigenvalue weighted by Crippen LogP contribution is 2.36. The van der Waals surface area contributed by atoms with Gasteiger partial charge in [0.1, 0.15) is 5.60 Å². The highest BCUT2D eigenvalue weighted by molar-refractivity contribution is 5.87. The third-order valence-corrected chi connectivity index (χ3v) is 2.77. The van der Waals surface area contributed by atoms with E-state index in [2.05, 4.69) is 5.32 Å². The largest absolute Gasteiger partial charge is 0.493 e. The van der Waals surface area contributed by atoms with Crippen LogP contribution in [-0.2, 0) is 4.74 Å². The van der Waals surface area contributed by atoms with Crippen molar-refractivity contribution >= 4 is 11.8 Å². The number of nitrogens with one attached hydrogen (secondary N) is 1. The molecule has 0 aliphatic rings. The van der Waals surface area contributed by atoms with Gasteiger partial charge in [-0.25, -0.2) is 4.79 Å². The fourth-order valence-corrected chi connectivity index (χ4v) is 1.82. The van der Waals surface area contributed by atoms with Gasteiger partial charge in [-0.05, 0) is 26.8 Å². The summed E-state index contributed by atoms with van der Waals surface area (Å²) < 4.78 is 15.6. The average molecular weight is 312 g/mol. The van der Waals surface area contributed by atoms with Gasteiger partial charge < -0.3 is 25.1 Å². The van der Waals surface area contributed by atoms with Crippen LogP contribution < -0.4 is 20.5 Å². The van der Waals surface area contributed by atoms with Crippen molar-refractivity contribution in [3.63, 3.8) is 0 Å². The van der Waals surface area contributed by atoms with Gasteiger partial charge in [0.05, 0.1) is 26.0 Å². The third kappa shape index (κ3) is 4.78. The van der Waals surface area contributed by atoms with Crippen molar-refractivity contribution in [3.8, 4) is 11.5 Å². The van der Waals surface area contributed by atoms with Crippen LogP contribution in [0.1, 0.15) is 32.4 Å². The molecule has 1 aromatic carbocycles. The summed E-state index contributed by atoms with van der Waals surface area (Å²) in [7, 11) is 2.96. The fourth-order valence-electron chi connectivity index (χ4n) is 1.82. The molecule has 1 unspecified atom stereocenters. The Morgan fingerprint density at radius 1 is 1.27 bits per heavy atom. The molecule has 0 aliphatic carbocycles. The van der Waals surface area contributed by atoms with Crippen LogP contribution in [0.4, 0.5) is 10.5 Å². The van der Waals surface area contributed by atoms with Gasteiger partial charge in [0.2, 0.25) is 0 Å². The summed E-state index contributed by atoms with van der Waals surface area (Å²) in [4.78, 5) is 11.9. The molecule has 0 spiro atoms. The number of carbonyl (C=O) groups is 1. The molecule has 1 atom stereocenters. The number of ether oxygens (including phenoxy) is 3. The molecule has 1 aromatic rings. The molecule has 0 fully saturated rings. The monoisotopic (exact) mass is 312 g/mol. The van der Waals surface area contributed by atoms with E-state index in [1.165, 1.54) is 14.2 Å². The summed E-state index contributed by atoms with van der Waals surface area (Å²) in [6.45, 7) is 5.28. The summed E-state index contributed by atoms with van der Waals surface area (Å²) in [5.74, 6) is 0.848. The minimum absolute atomic E-state index is 0.00151. The number of nitrogens with two attached hydrogens (primary N) is 1. The molecule has 7 heteroatoms. The predicted octanol–water partition coefficient (Wildman–Crippen LogP) is 2.04. The van der Waals surface area contributed by atoms with Crippen molar-refractivity contribution in [2.75, 3.05) is 26.1 Å². The SMILES string of the molecule is COc1cc(NC(=O)OC(C)(C)C)c(C(O)CN)cc1OC. The molecule has 22 heavy (non-hydrogen) atoms. The van der Waals surface area contributed by atoms with E-state index in [9.17, 15) is 9.90 Å². The topological polar surface area (TPSA) is 103 Å². The zero-order valence-corrected chi connectivity index (χ0v) is 13.6. The first kappa shape index (κ1) is 18.1. The van der Waals surface area contributed by atoms with E-state index in [0.29, 0.717) is 22.7 Å². The molecule has 0 aromatic heterocycles. The van der Waals surface area contributed by atoms with Crippen molar-refractivity contribution in [2.24, 2.45) is 5.73 Å². The van der Waals surface area contributed by atoms with E-state index >= 15 is 0 Å². The molecule has 124 valence electrons. The van der Waals surface area contributed by atoms with Gasteiger partial charge >= 0.3 is 6.09 Å². The molecule has 0 aliphatic heterocycles. The number of benzene rings is 1. The molecule has 0 bridgehead atoms. The Morgan fingerprint density at radius 3 is 2.27 bits per heavy atom. The molecular weight excluding hydrogens is 288 g/mol. The zero-order chi connectivity index (χ0) is 16.9. The van der Waals surface area contributed by atoms with E-state index in [1.807, 2.05) is 0 Å². The van der Waals surface area contributed by atoms with Crippen LogP contribution in [0.25, 0.3) is 0 Å². The number of hydrogen-bond donors (Lipinski definition) is 3. The Balaban J connectivity index is 3.17. The lowest BCUT2D eigenvalue weighted by molar-refractivity contribution is 0.0635. The first-order chi connectivity index (χ1) is 10.2. The highest BCUT2D eigenvalue weighted by atomic mass is 16.6. The lowest BCUT2D eigenvalue weighted by atomic mass is 10.1. The van der Waals surface area contributed by atoms with Crippen molar-refractivity contribution in [3.05, 3.63) is 17.7 Å². The van der Waals surface area contributed by atoms with Gasteiger partial charge in [-0.1, -0.05) is 0 Å². The van der Waals surface area contributed by atoms with Gasteiger partial charge in [0.25, 0.3) is 0 Å². The minimum atomic E-state index is -0.954. The molecule has 0 heterocycles. The summed E-state index contributed by atoms with van der Waals surface area (Å²) >= 11 is 0. The number of methoxy groups -OCH3 is 2. The van der Waals surface area contributed by atoms with E-state index < -0.39 is 17.8 Å². The predicted molar refractivity (Wildman–Crippen MR) is 83.4 cm³/mol. The van der Waals surface area contributed by atoms with Crippen LogP contribution in [0.3, 0.4) is 0 Å². The van der Waals surface area contributed by atoms with E-state index in [0.717, 1.165) is 0 Å². The second-order valence-electron chi connectivity index (χ2n) is 5.67.